The number of carbonyl (C=O) groups excluding carboxylic acids is 1. The number of amides is 1. The van der Waals surface area contributed by atoms with Gasteiger partial charge in [-0.1, -0.05) is 19.3 Å². The Labute approximate surface area is 143 Å². The van der Waals surface area contributed by atoms with Crippen LogP contribution in [0.15, 0.2) is 18.3 Å². The van der Waals surface area contributed by atoms with E-state index in [1.807, 2.05) is 12.1 Å². The van der Waals surface area contributed by atoms with Crippen molar-refractivity contribution in [2.75, 3.05) is 43.4 Å². The van der Waals surface area contributed by atoms with Gasteiger partial charge in [0.05, 0.1) is 23.9 Å². The number of hydrogen-bond acceptors (Lipinski definition) is 5. The number of likely N-dealkylation sites (N-methyl/N-ethyl adjacent to an activating group) is 1. The molecule has 3 rings (SSSR count). The zero-order valence-electron chi connectivity index (χ0n) is 14.5. The molecule has 0 aromatic carbocycles. The largest absolute Gasteiger partial charge is 0.389 e. The van der Waals surface area contributed by atoms with Gasteiger partial charge >= 0.3 is 0 Å². The highest BCUT2D eigenvalue weighted by Crippen LogP contribution is 2.31. The van der Waals surface area contributed by atoms with E-state index in [9.17, 15) is 9.90 Å². The fourth-order valence-electron chi connectivity index (χ4n) is 3.57. The van der Waals surface area contributed by atoms with Crippen molar-refractivity contribution in [1.29, 1.82) is 0 Å². The van der Waals surface area contributed by atoms with E-state index in [1.165, 1.54) is 0 Å². The summed E-state index contributed by atoms with van der Waals surface area (Å²) in [5.41, 5.74) is -0.132. The third-order valence-electron chi connectivity index (χ3n) is 5.13. The third-order valence-corrected chi connectivity index (χ3v) is 5.13. The van der Waals surface area contributed by atoms with Crippen molar-refractivity contribution in [3.8, 4) is 0 Å². The second-order valence-corrected chi connectivity index (χ2v) is 7.21. The summed E-state index contributed by atoms with van der Waals surface area (Å²) in [6.07, 6.45) is 6.49. The minimum Gasteiger partial charge on any atom is -0.389 e. The molecule has 1 amide bonds. The lowest BCUT2D eigenvalue weighted by molar-refractivity contribution is -0.122. The molecule has 6 heteroatoms. The van der Waals surface area contributed by atoms with Gasteiger partial charge in [0.2, 0.25) is 5.91 Å². The van der Waals surface area contributed by atoms with Crippen LogP contribution in [-0.4, -0.2) is 59.7 Å². The number of rotatable bonds is 4. The van der Waals surface area contributed by atoms with Crippen LogP contribution < -0.4 is 10.2 Å². The molecule has 6 nitrogen and oxygen atoms in total. The van der Waals surface area contributed by atoms with Gasteiger partial charge in [-0.15, -0.1) is 0 Å². The molecular formula is C18H28N4O2. The lowest BCUT2D eigenvalue weighted by atomic mass is 9.82. The molecule has 1 aromatic rings. The summed E-state index contributed by atoms with van der Waals surface area (Å²) in [4.78, 5) is 21.2. The van der Waals surface area contributed by atoms with Gasteiger partial charge in [0.1, 0.15) is 5.82 Å². The number of anilines is 2. The highest BCUT2D eigenvalue weighted by atomic mass is 16.3. The average molecular weight is 332 g/mol. The molecule has 132 valence electrons. The zero-order chi connectivity index (χ0) is 17.0. The molecule has 2 N–H and O–H groups in total. The predicted octanol–water partition coefficient (Wildman–Crippen LogP) is 1.86. The molecule has 0 bridgehead atoms. The Morgan fingerprint density at radius 1 is 1.21 bits per heavy atom. The van der Waals surface area contributed by atoms with E-state index in [-0.39, 0.29) is 12.3 Å². The number of nitrogens with zero attached hydrogens (tertiary/aromatic N) is 3. The standard InChI is InChI=1S/C18H28N4O2/c1-21-9-11-22(12-10-21)16-6-5-15(14-19-16)20-17(23)13-18(24)7-3-2-4-8-18/h5-6,14,24H,2-4,7-13H2,1H3,(H,20,23). The number of aliphatic hydroxyl groups is 1. The van der Waals surface area contributed by atoms with E-state index in [0.29, 0.717) is 5.69 Å². The van der Waals surface area contributed by atoms with Gasteiger partial charge in [-0.25, -0.2) is 4.98 Å². The molecule has 1 aliphatic carbocycles. The highest BCUT2D eigenvalue weighted by Gasteiger charge is 2.31. The number of carbonyl (C=O) groups is 1. The van der Waals surface area contributed by atoms with Crippen molar-refractivity contribution >= 4 is 17.4 Å². The monoisotopic (exact) mass is 332 g/mol. The molecule has 2 heterocycles. The second-order valence-electron chi connectivity index (χ2n) is 7.21. The minimum atomic E-state index is -0.824. The fraction of sp³-hybridized carbons (Fsp3) is 0.667. The number of nitrogens with one attached hydrogen (secondary N) is 1. The smallest absolute Gasteiger partial charge is 0.227 e. The Kier molecular flexibility index (Phi) is 5.36. The number of aromatic nitrogens is 1. The van der Waals surface area contributed by atoms with Gasteiger partial charge in [-0.3, -0.25) is 4.79 Å². The first-order valence-corrected chi connectivity index (χ1v) is 8.96. The van der Waals surface area contributed by atoms with E-state index >= 15 is 0 Å². The Bertz CT molecular complexity index is 547. The average Bonchev–Trinajstić information content (AvgIpc) is 2.56. The molecule has 0 unspecified atom stereocenters. The summed E-state index contributed by atoms with van der Waals surface area (Å²) >= 11 is 0. The Morgan fingerprint density at radius 3 is 2.54 bits per heavy atom. The molecule has 1 saturated heterocycles. The predicted molar refractivity (Wildman–Crippen MR) is 95.2 cm³/mol. The Balaban J connectivity index is 1.53. The minimum absolute atomic E-state index is 0.131. The summed E-state index contributed by atoms with van der Waals surface area (Å²) < 4.78 is 0. The first-order valence-electron chi connectivity index (χ1n) is 8.96. The first kappa shape index (κ1) is 17.2. The van der Waals surface area contributed by atoms with E-state index in [2.05, 4.69) is 27.1 Å². The Morgan fingerprint density at radius 2 is 1.92 bits per heavy atom. The van der Waals surface area contributed by atoms with Crippen molar-refractivity contribution in [3.63, 3.8) is 0 Å². The van der Waals surface area contributed by atoms with Crippen molar-refractivity contribution in [3.05, 3.63) is 18.3 Å². The van der Waals surface area contributed by atoms with Crippen LogP contribution in [0.2, 0.25) is 0 Å². The second kappa shape index (κ2) is 7.49. The van der Waals surface area contributed by atoms with Gasteiger partial charge in [0, 0.05) is 26.2 Å². The fourth-order valence-corrected chi connectivity index (χ4v) is 3.57. The molecule has 0 radical (unpaired) electrons. The van der Waals surface area contributed by atoms with Crippen molar-refractivity contribution < 1.29 is 9.90 Å². The molecule has 1 aliphatic heterocycles. The van der Waals surface area contributed by atoms with Gasteiger partial charge < -0.3 is 20.2 Å². The van der Waals surface area contributed by atoms with E-state index < -0.39 is 5.60 Å². The van der Waals surface area contributed by atoms with Crippen LogP contribution in [0.5, 0.6) is 0 Å². The normalized spacial score (nSPS) is 21.5. The first-order chi connectivity index (χ1) is 11.5. The summed E-state index contributed by atoms with van der Waals surface area (Å²) in [6, 6.07) is 3.85. The van der Waals surface area contributed by atoms with Crippen molar-refractivity contribution in [2.24, 2.45) is 0 Å². The van der Waals surface area contributed by atoms with Gasteiger partial charge in [-0.2, -0.15) is 0 Å². The van der Waals surface area contributed by atoms with Gasteiger partial charge in [0.25, 0.3) is 0 Å². The molecule has 1 saturated carbocycles. The summed E-state index contributed by atoms with van der Waals surface area (Å²) in [5.74, 6) is 0.820. The van der Waals surface area contributed by atoms with E-state index in [0.717, 1.165) is 64.1 Å². The van der Waals surface area contributed by atoms with Crippen molar-refractivity contribution in [2.45, 2.75) is 44.1 Å². The van der Waals surface area contributed by atoms with Crippen LogP contribution in [0.1, 0.15) is 38.5 Å². The quantitative estimate of drug-likeness (QED) is 0.881. The lowest BCUT2D eigenvalue weighted by Crippen LogP contribution is -2.44. The maximum absolute atomic E-state index is 12.2. The maximum Gasteiger partial charge on any atom is 0.227 e. The van der Waals surface area contributed by atoms with Crippen LogP contribution >= 0.6 is 0 Å². The van der Waals surface area contributed by atoms with Crippen LogP contribution in [0.4, 0.5) is 11.5 Å². The summed E-state index contributed by atoms with van der Waals surface area (Å²) in [5, 5.41) is 13.3. The van der Waals surface area contributed by atoms with Gasteiger partial charge in [0.15, 0.2) is 0 Å². The molecular weight excluding hydrogens is 304 g/mol. The molecule has 0 atom stereocenters. The molecule has 2 fully saturated rings. The maximum atomic E-state index is 12.2. The van der Waals surface area contributed by atoms with Crippen LogP contribution in [0.3, 0.4) is 0 Å². The molecule has 1 aromatic heterocycles. The summed E-state index contributed by atoms with van der Waals surface area (Å²) in [6.45, 7) is 4.03. The third kappa shape index (κ3) is 4.45. The molecule has 2 aliphatic rings. The van der Waals surface area contributed by atoms with Crippen LogP contribution in [0.25, 0.3) is 0 Å². The Hall–Kier alpha value is -1.66. The molecule has 24 heavy (non-hydrogen) atoms. The zero-order valence-corrected chi connectivity index (χ0v) is 14.5. The van der Waals surface area contributed by atoms with Crippen LogP contribution in [0, 0.1) is 0 Å². The lowest BCUT2D eigenvalue weighted by Gasteiger charge is -2.33. The van der Waals surface area contributed by atoms with E-state index in [1.54, 1.807) is 6.20 Å². The number of hydrogen-bond donors (Lipinski definition) is 2. The summed E-state index contributed by atoms with van der Waals surface area (Å²) in [7, 11) is 2.13. The van der Waals surface area contributed by atoms with E-state index in [4.69, 9.17) is 0 Å². The molecule has 0 spiro atoms. The highest BCUT2D eigenvalue weighted by molar-refractivity contribution is 5.91. The SMILES string of the molecule is CN1CCN(c2ccc(NC(=O)CC3(O)CCCCC3)cn2)CC1. The number of piperazine rings is 1. The topological polar surface area (TPSA) is 68.7 Å². The number of pyridine rings is 1. The van der Waals surface area contributed by atoms with Crippen LogP contribution in [-0.2, 0) is 4.79 Å². The van der Waals surface area contributed by atoms with Crippen molar-refractivity contribution in [1.82, 2.24) is 9.88 Å². The van der Waals surface area contributed by atoms with Gasteiger partial charge in [-0.05, 0) is 32.0 Å².